The van der Waals surface area contributed by atoms with Gasteiger partial charge in [-0.25, -0.2) is 9.78 Å². The van der Waals surface area contributed by atoms with Crippen LogP contribution in [0.25, 0.3) is 5.65 Å². The highest BCUT2D eigenvalue weighted by Gasteiger charge is 2.19. The molecule has 0 spiro atoms. The fraction of sp³-hybridized carbons (Fsp3) is 0.400. The van der Waals surface area contributed by atoms with Crippen molar-refractivity contribution in [3.63, 3.8) is 0 Å². The molecule has 2 rings (SSSR count). The van der Waals surface area contributed by atoms with Crippen LogP contribution in [0, 0.1) is 6.92 Å². The van der Waals surface area contributed by atoms with Gasteiger partial charge in [0, 0.05) is 19.5 Å². The van der Waals surface area contributed by atoms with Crippen LogP contribution in [0.15, 0.2) is 12.4 Å². The number of aliphatic carboxylic acids is 1. The van der Waals surface area contributed by atoms with Gasteiger partial charge < -0.3 is 15.2 Å². The molecule has 0 aliphatic carbocycles. The first-order valence-corrected chi connectivity index (χ1v) is 5.28. The van der Waals surface area contributed by atoms with Gasteiger partial charge in [-0.1, -0.05) is 0 Å². The van der Waals surface area contributed by atoms with Gasteiger partial charge in [-0.3, -0.25) is 4.40 Å². The molecule has 0 bridgehead atoms. The molecule has 2 heterocycles. The molecule has 1 atom stereocenters. The maximum atomic E-state index is 11.0. The Balaban J connectivity index is 2.33. The second-order valence-electron chi connectivity index (χ2n) is 3.71. The van der Waals surface area contributed by atoms with E-state index < -0.39 is 12.0 Å². The van der Waals surface area contributed by atoms with Gasteiger partial charge in [0.25, 0.3) is 0 Å². The second-order valence-corrected chi connectivity index (χ2v) is 3.71. The van der Waals surface area contributed by atoms with Crippen molar-refractivity contribution < 1.29 is 14.6 Å². The number of rotatable bonds is 5. The Bertz CT molecular complexity index is 568. The third-order valence-corrected chi connectivity index (χ3v) is 2.44. The predicted octanol–water partition coefficient (Wildman–Crippen LogP) is -0.0558. The molecule has 0 amide bonds. The quantitative estimate of drug-likeness (QED) is 0.767. The number of hydrogen-bond acceptors (Lipinski definition) is 6. The summed E-state index contributed by atoms with van der Waals surface area (Å²) < 4.78 is 6.56. The Hall–Kier alpha value is -2.22. The Morgan fingerprint density at radius 1 is 1.61 bits per heavy atom. The SMILES string of the molecule is COCC(Nc1nccn2c(C)nnc12)C(=O)O. The van der Waals surface area contributed by atoms with Crippen LogP contribution < -0.4 is 5.32 Å². The number of carboxylic acid groups (broad SMARTS) is 1. The number of aromatic nitrogens is 4. The monoisotopic (exact) mass is 251 g/mol. The van der Waals surface area contributed by atoms with E-state index in [0.717, 1.165) is 0 Å². The van der Waals surface area contributed by atoms with Gasteiger partial charge in [-0.05, 0) is 6.92 Å². The number of nitrogens with zero attached hydrogens (tertiary/aromatic N) is 4. The summed E-state index contributed by atoms with van der Waals surface area (Å²) in [4.78, 5) is 15.1. The number of methoxy groups -OCH3 is 1. The molecule has 0 aromatic carbocycles. The highest BCUT2D eigenvalue weighted by Crippen LogP contribution is 2.13. The van der Waals surface area contributed by atoms with Crippen LogP contribution in [-0.2, 0) is 9.53 Å². The number of hydrogen-bond donors (Lipinski definition) is 2. The Labute approximate surface area is 103 Å². The summed E-state index contributed by atoms with van der Waals surface area (Å²) in [6, 6.07) is -0.884. The summed E-state index contributed by atoms with van der Waals surface area (Å²) in [6.07, 6.45) is 3.26. The normalized spacial score (nSPS) is 12.6. The molecule has 2 N–H and O–H groups in total. The fourth-order valence-electron chi connectivity index (χ4n) is 1.55. The van der Waals surface area contributed by atoms with Crippen molar-refractivity contribution in [2.45, 2.75) is 13.0 Å². The molecule has 0 radical (unpaired) electrons. The van der Waals surface area contributed by atoms with E-state index in [9.17, 15) is 4.79 Å². The maximum Gasteiger partial charge on any atom is 0.328 e. The molecule has 1 unspecified atom stereocenters. The number of aryl methyl sites for hydroxylation is 1. The highest BCUT2D eigenvalue weighted by molar-refractivity contribution is 5.79. The van der Waals surface area contributed by atoms with E-state index in [-0.39, 0.29) is 6.61 Å². The Morgan fingerprint density at radius 3 is 3.06 bits per heavy atom. The number of anilines is 1. The first-order valence-electron chi connectivity index (χ1n) is 5.28. The zero-order chi connectivity index (χ0) is 13.1. The lowest BCUT2D eigenvalue weighted by molar-refractivity contribution is -0.139. The Kier molecular flexibility index (Phi) is 3.38. The average molecular weight is 251 g/mol. The van der Waals surface area contributed by atoms with Crippen LogP contribution >= 0.6 is 0 Å². The van der Waals surface area contributed by atoms with Crippen LogP contribution in [0.3, 0.4) is 0 Å². The number of fused-ring (bicyclic) bond motifs is 1. The van der Waals surface area contributed by atoms with Crippen molar-refractivity contribution in [2.75, 3.05) is 19.0 Å². The van der Waals surface area contributed by atoms with Crippen LogP contribution in [0.4, 0.5) is 5.82 Å². The van der Waals surface area contributed by atoms with Gasteiger partial charge in [0.2, 0.25) is 5.65 Å². The van der Waals surface area contributed by atoms with Gasteiger partial charge >= 0.3 is 5.97 Å². The molecule has 0 saturated carbocycles. The minimum Gasteiger partial charge on any atom is -0.480 e. The molecular formula is C10H13N5O3. The Morgan fingerprint density at radius 2 is 2.39 bits per heavy atom. The summed E-state index contributed by atoms with van der Waals surface area (Å²) in [5, 5.41) is 19.7. The fourth-order valence-corrected chi connectivity index (χ4v) is 1.55. The minimum atomic E-state index is -1.02. The highest BCUT2D eigenvalue weighted by atomic mass is 16.5. The van der Waals surface area contributed by atoms with Crippen molar-refractivity contribution in [2.24, 2.45) is 0 Å². The average Bonchev–Trinajstić information content (AvgIpc) is 2.72. The van der Waals surface area contributed by atoms with E-state index in [2.05, 4.69) is 20.5 Å². The van der Waals surface area contributed by atoms with Gasteiger partial charge in [0.15, 0.2) is 5.82 Å². The van der Waals surface area contributed by atoms with Gasteiger partial charge in [-0.15, -0.1) is 10.2 Å². The molecule has 0 saturated heterocycles. The number of carboxylic acids is 1. The topological polar surface area (TPSA) is 102 Å². The van der Waals surface area contributed by atoms with E-state index in [1.165, 1.54) is 7.11 Å². The second kappa shape index (κ2) is 4.96. The van der Waals surface area contributed by atoms with Crippen LogP contribution in [0.2, 0.25) is 0 Å². The molecular weight excluding hydrogens is 238 g/mol. The van der Waals surface area contributed by atoms with E-state index >= 15 is 0 Å². The van der Waals surface area contributed by atoms with Crippen molar-refractivity contribution in [3.05, 3.63) is 18.2 Å². The third kappa shape index (κ3) is 2.23. The van der Waals surface area contributed by atoms with Crippen molar-refractivity contribution >= 4 is 17.4 Å². The molecule has 0 aliphatic rings. The van der Waals surface area contributed by atoms with Crippen molar-refractivity contribution in [3.8, 4) is 0 Å². The standard InChI is InChI=1S/C10H13N5O3/c1-6-13-14-9-8(11-3-4-15(6)9)12-7(5-18-2)10(16)17/h3-4,7H,5H2,1-2H3,(H,11,12)(H,16,17). The first kappa shape index (κ1) is 12.2. The zero-order valence-corrected chi connectivity index (χ0v) is 9.99. The summed E-state index contributed by atoms with van der Waals surface area (Å²) in [5.74, 6) is 0.0495. The van der Waals surface area contributed by atoms with Crippen LogP contribution in [-0.4, -0.2) is 50.4 Å². The van der Waals surface area contributed by atoms with Gasteiger partial charge in [0.1, 0.15) is 11.9 Å². The van der Waals surface area contributed by atoms with E-state index in [1.807, 2.05) is 0 Å². The van der Waals surface area contributed by atoms with E-state index in [0.29, 0.717) is 17.3 Å². The van der Waals surface area contributed by atoms with Crippen LogP contribution in [0.5, 0.6) is 0 Å². The molecule has 0 aliphatic heterocycles. The number of carbonyl (C=O) groups is 1. The summed E-state index contributed by atoms with van der Waals surface area (Å²) in [6.45, 7) is 1.83. The number of nitrogens with one attached hydrogen (secondary N) is 1. The van der Waals surface area contributed by atoms with Gasteiger partial charge in [0.05, 0.1) is 6.61 Å². The zero-order valence-electron chi connectivity index (χ0n) is 9.99. The van der Waals surface area contributed by atoms with Crippen LogP contribution in [0.1, 0.15) is 5.82 Å². The molecule has 0 fully saturated rings. The maximum absolute atomic E-state index is 11.0. The minimum absolute atomic E-state index is 0.0329. The summed E-state index contributed by atoms with van der Waals surface area (Å²) in [5.41, 5.74) is 0.484. The number of ether oxygens (including phenoxy) is 1. The summed E-state index contributed by atoms with van der Waals surface area (Å²) >= 11 is 0. The largest absolute Gasteiger partial charge is 0.480 e. The molecule has 96 valence electrons. The van der Waals surface area contributed by atoms with Gasteiger partial charge in [-0.2, -0.15) is 0 Å². The van der Waals surface area contributed by atoms with Crippen molar-refractivity contribution in [1.82, 2.24) is 19.6 Å². The van der Waals surface area contributed by atoms with E-state index in [4.69, 9.17) is 9.84 Å². The lowest BCUT2D eigenvalue weighted by Crippen LogP contribution is -2.34. The molecule has 18 heavy (non-hydrogen) atoms. The van der Waals surface area contributed by atoms with E-state index in [1.54, 1.807) is 23.7 Å². The molecule has 2 aromatic heterocycles. The molecule has 2 aromatic rings. The van der Waals surface area contributed by atoms with Crippen molar-refractivity contribution in [1.29, 1.82) is 0 Å². The predicted molar refractivity (Wildman–Crippen MR) is 62.4 cm³/mol. The first-order chi connectivity index (χ1) is 8.63. The lowest BCUT2D eigenvalue weighted by Gasteiger charge is -2.13. The molecule has 8 heteroatoms. The third-order valence-electron chi connectivity index (χ3n) is 2.44. The smallest absolute Gasteiger partial charge is 0.328 e. The summed E-state index contributed by atoms with van der Waals surface area (Å²) in [7, 11) is 1.44. The lowest BCUT2D eigenvalue weighted by atomic mass is 10.3. The molecule has 8 nitrogen and oxygen atoms in total.